The van der Waals surface area contributed by atoms with Gasteiger partial charge in [-0.05, 0) is 168 Å². The molecule has 19 aromatic rings. The van der Waals surface area contributed by atoms with Crippen molar-refractivity contribution in [3.05, 3.63) is 337 Å². The lowest BCUT2D eigenvalue weighted by Gasteiger charge is -2.32. The highest BCUT2D eigenvalue weighted by Crippen LogP contribution is 2.47. The monoisotopic (exact) mass is 1990 g/mol. The second kappa shape index (κ2) is 41.0. The van der Waals surface area contributed by atoms with Crippen molar-refractivity contribution in [2.45, 2.75) is 44.4 Å². The van der Waals surface area contributed by atoms with Gasteiger partial charge in [0.05, 0.1) is 41.8 Å². The molecule has 1 aliphatic rings. The van der Waals surface area contributed by atoms with Crippen LogP contribution in [0.5, 0.6) is 57.5 Å². The number of rotatable bonds is 8. The second-order valence-electron chi connectivity index (χ2n) is 29.8. The van der Waals surface area contributed by atoms with E-state index in [9.17, 15) is 41.3 Å². The van der Waals surface area contributed by atoms with Gasteiger partial charge in [-0.3, -0.25) is 0 Å². The molecule has 670 valence electrons. The molecule has 7 N–H and O–H groups in total. The summed E-state index contributed by atoms with van der Waals surface area (Å²) in [6.07, 6.45) is 0. The molecule has 1 fully saturated rings. The van der Waals surface area contributed by atoms with Crippen LogP contribution in [0.25, 0.3) is 121 Å². The van der Waals surface area contributed by atoms with Gasteiger partial charge in [-0.25, -0.2) is 4.39 Å². The zero-order valence-corrected chi connectivity index (χ0v) is 77.0. The lowest BCUT2D eigenvalue weighted by molar-refractivity contribution is -0.0499. The van der Waals surface area contributed by atoms with E-state index in [1.165, 1.54) is 72.8 Å². The quantitative estimate of drug-likeness (QED) is 0.0322. The van der Waals surface area contributed by atoms with Gasteiger partial charge in [0.25, 0.3) is 0 Å². The van der Waals surface area contributed by atoms with Crippen molar-refractivity contribution in [2.75, 3.05) is 14.2 Å². The number of fused-ring (bicyclic) bond motifs is 12. The topological polar surface area (TPSA) is 274 Å². The highest BCUT2D eigenvalue weighted by Gasteiger charge is 2.52. The summed E-state index contributed by atoms with van der Waals surface area (Å²) < 4.78 is 124. The number of aromatic hydroxyl groups is 7. The van der Waals surface area contributed by atoms with E-state index in [4.69, 9.17) is 138 Å². The average molecular weight is 2000 g/mol. The number of para-hydroxylation sites is 4. The first-order valence-electron chi connectivity index (χ1n) is 39.1. The summed E-state index contributed by atoms with van der Waals surface area (Å²) in [6.45, 7) is 8.30. The number of methoxy groups -OCH3 is 2. The molecule has 0 atom stereocenters. The first-order valence-corrected chi connectivity index (χ1v) is 44.0. The summed E-state index contributed by atoms with van der Waals surface area (Å²) in [7, 11) is -3.05. The fraction of sp³-hybridized carbons (Fsp3) is 0.0909. The number of benzene rings is 15. The van der Waals surface area contributed by atoms with E-state index in [2.05, 4.69) is 108 Å². The van der Waals surface area contributed by atoms with E-state index < -0.39 is 34.3 Å². The van der Waals surface area contributed by atoms with Crippen LogP contribution in [0.1, 0.15) is 27.7 Å². The highest BCUT2D eigenvalue weighted by atomic mass is 79.9. The fourth-order valence-electron chi connectivity index (χ4n) is 13.7. The SMILES string of the molecule is CC1(C)OB(c2cc(-c3ccccc3)c3c(c2)oc2ccccc23)OC1(C)C.COc1cc(Cl)cc(OC)c1.Clc1cc(-c2ccccc2)c2c(c1)oc1ccccc12.O=S(=O)(Oc1cc(Cl)cc2oc3ccccc3c12)C(F)(F)F.Oc1cc(Cl)cc(O)c1-c1ccccc1F.Oc1cc(Cl)cc(O)c1Br.Oc1cc(Cl)cc2oc3ccccc3c12.Oc1cc(O)cc(Cl)c1. The van der Waals surface area contributed by atoms with Gasteiger partial charge in [-0.2, -0.15) is 21.6 Å². The van der Waals surface area contributed by atoms with Gasteiger partial charge in [-0.1, -0.05) is 239 Å². The predicted molar refractivity (Wildman–Crippen MR) is 516 cm³/mol. The van der Waals surface area contributed by atoms with Gasteiger partial charge in [0.1, 0.15) is 107 Å². The summed E-state index contributed by atoms with van der Waals surface area (Å²) >= 11 is 43.1. The number of hydrogen-bond donors (Lipinski definition) is 7. The third-order valence-corrected chi connectivity index (χ3v) is 23.6. The number of ether oxygens (including phenoxy) is 2. The number of phenolic OH excluding ortho intramolecular Hbond substituents is 7. The van der Waals surface area contributed by atoms with Gasteiger partial charge in [-0.15, -0.1) is 0 Å². The lowest BCUT2D eigenvalue weighted by Crippen LogP contribution is -2.41. The summed E-state index contributed by atoms with van der Waals surface area (Å²) in [5, 5.41) is 73.8. The van der Waals surface area contributed by atoms with Crippen LogP contribution in [0, 0.1) is 5.82 Å². The van der Waals surface area contributed by atoms with Gasteiger partial charge in [0, 0.05) is 109 Å². The summed E-state index contributed by atoms with van der Waals surface area (Å²) in [5.74, 6) is -0.188. The van der Waals surface area contributed by atoms with Crippen molar-refractivity contribution >= 4 is 208 Å². The zero-order valence-electron chi connectivity index (χ0n) is 69.4. The minimum atomic E-state index is -5.81. The highest BCUT2D eigenvalue weighted by molar-refractivity contribution is 9.10. The third-order valence-electron chi connectivity index (χ3n) is 20.3. The maximum Gasteiger partial charge on any atom is 0.534 e. The van der Waals surface area contributed by atoms with E-state index in [-0.39, 0.29) is 88.1 Å². The van der Waals surface area contributed by atoms with Crippen LogP contribution in [-0.2, 0) is 19.4 Å². The molecular weight excluding hydrogens is 1920 g/mol. The van der Waals surface area contributed by atoms with Gasteiger partial charge in [0.15, 0.2) is 5.75 Å². The number of phenols is 7. The van der Waals surface area contributed by atoms with Crippen LogP contribution in [0.3, 0.4) is 0 Å². The standard InChI is InChI=1S/C24H23BO3.C18H11ClO.C13H6ClF3O4S.C12H8ClFO2.C12H7ClO2.C8H9ClO2.C6H4BrClO2.C6H5ClO2/c1-23(2)24(3,4)28-25(27-23)17-14-19(16-10-6-5-7-11-16)22-18-12-8-9-13-20(18)26-21(22)15-17;19-13-10-15(12-6-2-1-3-7-12)18-14-8-4-5-9-16(14)20-17(18)11-13;14-7-5-10-12(8-3-1-2-4-9(8)20-10)11(6-7)21-22(18,19)13(15,16)17;13-7-5-10(15)12(11(16)6-7)8-3-1-2-4-9(8)14;13-7-5-9(14)12-8-3-1-2-4-10(8)15-11(12)6-7;1-10-7-3-6(9)4-8(5-7)11-2;7-6-4(9)1-3(8)2-5(6)10;7-4-1-5(8)3-6(9)2-4/h5-15H,1-4H3;1-11H;1-6H;1-6,15-16H;1-6,14H;3-5H,1-2H3;1-2,9-10H;1-3,8-9H. The van der Waals surface area contributed by atoms with Crippen molar-refractivity contribution in [2.24, 2.45) is 0 Å². The second-order valence-corrected chi connectivity index (χ2v) is 35.2. The molecule has 32 heteroatoms. The molecule has 1 saturated heterocycles. The summed E-state index contributed by atoms with van der Waals surface area (Å²) in [4.78, 5) is 0. The van der Waals surface area contributed by atoms with E-state index >= 15 is 0 Å². The van der Waals surface area contributed by atoms with Crippen LogP contribution in [0.2, 0.25) is 35.2 Å². The van der Waals surface area contributed by atoms with Gasteiger partial charge in [0.2, 0.25) is 0 Å². The Hall–Kier alpha value is -12.3. The van der Waals surface area contributed by atoms with E-state index in [0.29, 0.717) is 53.2 Å². The molecule has 0 aliphatic carbocycles. The Morgan fingerprint density at radius 3 is 1.15 bits per heavy atom. The van der Waals surface area contributed by atoms with Crippen molar-refractivity contribution in [1.82, 2.24) is 0 Å². The molecule has 131 heavy (non-hydrogen) atoms. The molecule has 15 aromatic carbocycles. The van der Waals surface area contributed by atoms with Crippen LogP contribution in [-0.4, -0.2) is 82.2 Å². The van der Waals surface area contributed by atoms with E-state index in [0.717, 1.165) is 94.0 Å². The number of furan rings is 4. The maximum absolute atomic E-state index is 13.5. The Labute approximate surface area is 789 Å². The minimum Gasteiger partial charge on any atom is -0.508 e. The molecule has 0 spiro atoms. The van der Waals surface area contributed by atoms with Crippen molar-refractivity contribution in [3.63, 3.8) is 0 Å². The normalized spacial score (nSPS) is 12.5. The molecule has 18 nitrogen and oxygen atoms in total. The minimum absolute atomic E-state index is 0.0149. The number of hydrogen-bond acceptors (Lipinski definition) is 18. The van der Waals surface area contributed by atoms with E-state index in [1.54, 1.807) is 68.8 Å². The van der Waals surface area contributed by atoms with Crippen LogP contribution in [0.4, 0.5) is 17.6 Å². The Kier molecular flexibility index (Phi) is 30.1. The molecule has 20 rings (SSSR count). The molecule has 4 aromatic heterocycles. The summed E-state index contributed by atoms with van der Waals surface area (Å²) in [6, 6.07) is 84.9. The third kappa shape index (κ3) is 22.6. The first-order chi connectivity index (χ1) is 62.3. The maximum atomic E-state index is 13.5. The smallest absolute Gasteiger partial charge is 0.508 e. The molecule has 0 bridgehead atoms. The molecule has 0 radical (unpaired) electrons. The fourth-order valence-corrected chi connectivity index (χ4v) is 15.9. The molecule has 0 amide bonds. The Morgan fingerprint density at radius 1 is 0.359 bits per heavy atom. The first kappa shape index (κ1) is 96.2. The van der Waals surface area contributed by atoms with Gasteiger partial charge >= 0.3 is 22.7 Å². The lowest BCUT2D eigenvalue weighted by atomic mass is 9.77. The summed E-state index contributed by atoms with van der Waals surface area (Å²) in [5.41, 5.74) is 4.71. The number of alkyl halides is 3. The van der Waals surface area contributed by atoms with E-state index in [1.807, 2.05) is 97.1 Å². The van der Waals surface area contributed by atoms with Crippen LogP contribution in [0.15, 0.2) is 313 Å². The Bertz CT molecular complexity index is 7370. The predicted octanol–water partition coefficient (Wildman–Crippen LogP) is 30.1. The largest absolute Gasteiger partial charge is 0.534 e. The zero-order chi connectivity index (χ0) is 94.1. The van der Waals surface area contributed by atoms with Crippen LogP contribution >= 0.6 is 97.1 Å². The molecule has 5 heterocycles. The Morgan fingerprint density at radius 2 is 0.702 bits per heavy atom. The van der Waals surface area contributed by atoms with Gasteiger partial charge < -0.3 is 76.4 Å². The number of halogens is 12. The van der Waals surface area contributed by atoms with Crippen molar-refractivity contribution < 1.29 is 102 Å². The molecule has 0 unspecified atom stereocenters. The molecule has 1 aliphatic heterocycles. The molecular formula is C99H73BBrCl7F4O18S. The molecule has 0 saturated carbocycles. The van der Waals surface area contributed by atoms with Crippen LogP contribution < -0.4 is 19.1 Å². The Balaban J connectivity index is 0.000000131. The van der Waals surface area contributed by atoms with Crippen molar-refractivity contribution in [1.29, 1.82) is 0 Å². The average Bonchev–Trinajstić information content (AvgIpc) is 1.59. The van der Waals surface area contributed by atoms with Crippen molar-refractivity contribution in [3.8, 4) is 90.9 Å².